The van der Waals surface area contributed by atoms with E-state index < -0.39 is 0 Å². The number of benzene rings is 1. The van der Waals surface area contributed by atoms with Gasteiger partial charge in [-0.15, -0.1) is 10.2 Å². The highest BCUT2D eigenvalue weighted by Gasteiger charge is 2.26. The minimum Gasteiger partial charge on any atom is -0.497 e. The summed E-state index contributed by atoms with van der Waals surface area (Å²) in [6.45, 7) is 0. The van der Waals surface area contributed by atoms with Gasteiger partial charge in [-0.1, -0.05) is 31.0 Å². The monoisotopic (exact) mass is 427 g/mol. The number of aromatic nitrogens is 3. The molecular weight excluding hydrogens is 402 g/mol. The van der Waals surface area contributed by atoms with Crippen molar-refractivity contribution in [1.82, 2.24) is 14.8 Å². The number of methoxy groups -OCH3 is 2. The standard InChI is InChI=1S/C22H25N3O4S/c1-27-16-10-11-19(28-2)17(13-16)18(26)14-30-22-24-23-21(20-9-6-12-29-20)25(22)15-7-4-3-5-8-15/h6,9-13,15H,3-5,7-8,14H2,1-2H3. The summed E-state index contributed by atoms with van der Waals surface area (Å²) in [5.41, 5.74) is 0.499. The number of ether oxygens (including phenoxy) is 2. The van der Waals surface area contributed by atoms with E-state index in [1.54, 1.807) is 38.7 Å². The van der Waals surface area contributed by atoms with Gasteiger partial charge >= 0.3 is 0 Å². The van der Waals surface area contributed by atoms with Gasteiger partial charge in [-0.3, -0.25) is 9.36 Å². The molecule has 0 bridgehead atoms. The first kappa shape index (κ1) is 20.5. The molecule has 1 fully saturated rings. The van der Waals surface area contributed by atoms with Gasteiger partial charge in [0.2, 0.25) is 5.82 Å². The van der Waals surface area contributed by atoms with Gasteiger partial charge in [-0.2, -0.15) is 0 Å². The molecule has 0 atom stereocenters. The first-order valence-electron chi connectivity index (χ1n) is 10.1. The normalized spacial score (nSPS) is 14.6. The number of hydrogen-bond acceptors (Lipinski definition) is 7. The predicted octanol–water partition coefficient (Wildman–Crippen LogP) is 5.04. The smallest absolute Gasteiger partial charge is 0.200 e. The Morgan fingerprint density at radius 1 is 1.17 bits per heavy atom. The van der Waals surface area contributed by atoms with Crippen molar-refractivity contribution in [3.63, 3.8) is 0 Å². The third-order valence-electron chi connectivity index (χ3n) is 5.39. The van der Waals surface area contributed by atoms with Crippen LogP contribution in [0.15, 0.2) is 46.2 Å². The number of carbonyl (C=O) groups excluding carboxylic acids is 1. The number of Topliss-reactive ketones (excluding diaryl/α,β-unsaturated/α-hetero) is 1. The second-order valence-electron chi connectivity index (χ2n) is 7.22. The third-order valence-corrected chi connectivity index (χ3v) is 6.33. The van der Waals surface area contributed by atoms with Gasteiger partial charge in [0.15, 0.2) is 16.7 Å². The fourth-order valence-corrected chi connectivity index (χ4v) is 4.75. The number of ketones is 1. The first-order chi connectivity index (χ1) is 14.7. The van der Waals surface area contributed by atoms with E-state index in [4.69, 9.17) is 13.9 Å². The van der Waals surface area contributed by atoms with Crippen LogP contribution in [0.3, 0.4) is 0 Å². The highest BCUT2D eigenvalue weighted by Crippen LogP contribution is 2.36. The van der Waals surface area contributed by atoms with Crippen LogP contribution in [0.25, 0.3) is 11.6 Å². The second kappa shape index (κ2) is 9.38. The van der Waals surface area contributed by atoms with Gasteiger partial charge in [0.05, 0.1) is 31.8 Å². The number of rotatable bonds is 8. The lowest BCUT2D eigenvalue weighted by molar-refractivity contribution is 0.101. The van der Waals surface area contributed by atoms with Crippen LogP contribution < -0.4 is 9.47 Å². The molecule has 0 radical (unpaired) electrons. The molecule has 30 heavy (non-hydrogen) atoms. The van der Waals surface area contributed by atoms with Crippen molar-refractivity contribution >= 4 is 17.5 Å². The maximum Gasteiger partial charge on any atom is 0.200 e. The zero-order valence-electron chi connectivity index (χ0n) is 17.2. The van der Waals surface area contributed by atoms with Crippen LogP contribution in [0.1, 0.15) is 48.5 Å². The lowest BCUT2D eigenvalue weighted by Gasteiger charge is -2.25. The van der Waals surface area contributed by atoms with E-state index in [2.05, 4.69) is 14.8 Å². The largest absolute Gasteiger partial charge is 0.497 e. The molecule has 1 aliphatic rings. The Labute approximate surface area is 179 Å². The quantitative estimate of drug-likeness (QED) is 0.368. The topological polar surface area (TPSA) is 79.4 Å². The highest BCUT2D eigenvalue weighted by atomic mass is 32.2. The van der Waals surface area contributed by atoms with Gasteiger partial charge in [-0.05, 0) is 43.2 Å². The molecule has 0 spiro atoms. The van der Waals surface area contributed by atoms with E-state index in [-0.39, 0.29) is 11.5 Å². The van der Waals surface area contributed by atoms with Gasteiger partial charge in [-0.25, -0.2) is 0 Å². The molecule has 0 aliphatic heterocycles. The zero-order chi connectivity index (χ0) is 20.9. The Morgan fingerprint density at radius 3 is 2.70 bits per heavy atom. The molecule has 0 saturated heterocycles. The molecule has 1 aromatic carbocycles. The lowest BCUT2D eigenvalue weighted by Crippen LogP contribution is -2.15. The molecule has 1 aliphatic carbocycles. The molecule has 2 heterocycles. The number of thioether (sulfide) groups is 1. The van der Waals surface area contributed by atoms with E-state index in [1.165, 1.54) is 31.0 Å². The SMILES string of the molecule is COc1ccc(OC)c(C(=O)CSc2nnc(-c3ccco3)n2C2CCCCC2)c1. The molecule has 2 aromatic heterocycles. The van der Waals surface area contributed by atoms with Crippen LogP contribution in [0.5, 0.6) is 11.5 Å². The molecule has 0 amide bonds. The molecule has 1 saturated carbocycles. The molecule has 7 nitrogen and oxygen atoms in total. The fraction of sp³-hybridized carbons (Fsp3) is 0.409. The first-order valence-corrected chi connectivity index (χ1v) is 11.1. The molecule has 158 valence electrons. The number of hydrogen-bond donors (Lipinski definition) is 0. The fourth-order valence-electron chi connectivity index (χ4n) is 3.86. The van der Waals surface area contributed by atoms with Crippen LogP contribution in [0.2, 0.25) is 0 Å². The molecule has 0 N–H and O–H groups in total. The number of furan rings is 1. The molecule has 0 unspecified atom stereocenters. The van der Waals surface area contributed by atoms with Gasteiger partial charge in [0.25, 0.3) is 0 Å². The second-order valence-corrected chi connectivity index (χ2v) is 8.17. The molecular formula is C22H25N3O4S. The van der Waals surface area contributed by atoms with Crippen LogP contribution in [0.4, 0.5) is 0 Å². The summed E-state index contributed by atoms with van der Waals surface area (Å²) in [6.07, 6.45) is 7.43. The van der Waals surface area contributed by atoms with Crippen molar-refractivity contribution in [3.05, 3.63) is 42.2 Å². The zero-order valence-corrected chi connectivity index (χ0v) is 18.0. The van der Waals surface area contributed by atoms with E-state index >= 15 is 0 Å². The van der Waals surface area contributed by atoms with Crippen molar-refractivity contribution in [2.75, 3.05) is 20.0 Å². The van der Waals surface area contributed by atoms with Gasteiger partial charge in [0.1, 0.15) is 11.5 Å². The van der Waals surface area contributed by atoms with Crippen molar-refractivity contribution in [2.24, 2.45) is 0 Å². The molecule has 8 heteroatoms. The van der Waals surface area contributed by atoms with Crippen molar-refractivity contribution < 1.29 is 18.7 Å². The summed E-state index contributed by atoms with van der Waals surface area (Å²) in [4.78, 5) is 13.0. The predicted molar refractivity (Wildman–Crippen MR) is 114 cm³/mol. The maximum absolute atomic E-state index is 13.0. The Hall–Kier alpha value is -2.74. The summed E-state index contributed by atoms with van der Waals surface area (Å²) < 4.78 is 18.4. The Balaban J connectivity index is 1.58. The van der Waals surface area contributed by atoms with E-state index in [0.29, 0.717) is 28.9 Å². The lowest BCUT2D eigenvalue weighted by atomic mass is 9.95. The van der Waals surface area contributed by atoms with Gasteiger partial charge in [0, 0.05) is 6.04 Å². The molecule has 3 aromatic rings. The summed E-state index contributed by atoms with van der Waals surface area (Å²) >= 11 is 1.40. The maximum atomic E-state index is 13.0. The summed E-state index contributed by atoms with van der Waals surface area (Å²) in [6, 6.07) is 9.29. The van der Waals surface area contributed by atoms with E-state index in [0.717, 1.165) is 23.8 Å². The Morgan fingerprint density at radius 2 is 2.00 bits per heavy atom. The van der Waals surface area contributed by atoms with Crippen molar-refractivity contribution in [2.45, 2.75) is 43.3 Å². The van der Waals surface area contributed by atoms with Crippen LogP contribution in [-0.2, 0) is 0 Å². The number of nitrogens with zero attached hydrogens (tertiary/aromatic N) is 3. The van der Waals surface area contributed by atoms with Gasteiger partial charge < -0.3 is 13.9 Å². The highest BCUT2D eigenvalue weighted by molar-refractivity contribution is 7.99. The summed E-state index contributed by atoms with van der Waals surface area (Å²) in [7, 11) is 3.13. The van der Waals surface area contributed by atoms with Crippen LogP contribution >= 0.6 is 11.8 Å². The minimum atomic E-state index is -0.0477. The summed E-state index contributed by atoms with van der Waals surface area (Å²) in [5.74, 6) is 2.75. The van der Waals surface area contributed by atoms with Crippen molar-refractivity contribution in [3.8, 4) is 23.1 Å². The van der Waals surface area contributed by atoms with Crippen molar-refractivity contribution in [1.29, 1.82) is 0 Å². The van der Waals surface area contributed by atoms with Crippen LogP contribution in [-0.4, -0.2) is 40.5 Å². The van der Waals surface area contributed by atoms with E-state index in [9.17, 15) is 4.79 Å². The Kier molecular flexibility index (Phi) is 6.42. The average Bonchev–Trinajstić information content (AvgIpc) is 3.47. The Bertz CT molecular complexity index is 994. The van der Waals surface area contributed by atoms with E-state index in [1.807, 2.05) is 12.1 Å². The van der Waals surface area contributed by atoms with Crippen LogP contribution in [0, 0.1) is 0 Å². The number of carbonyl (C=O) groups is 1. The average molecular weight is 428 g/mol. The minimum absolute atomic E-state index is 0.0477. The summed E-state index contributed by atoms with van der Waals surface area (Å²) in [5, 5.41) is 9.52. The third kappa shape index (κ3) is 4.23. The molecule has 4 rings (SSSR count).